The van der Waals surface area contributed by atoms with Gasteiger partial charge in [-0.1, -0.05) is 0 Å². The Morgan fingerprint density at radius 2 is 2.32 bits per heavy atom. The normalized spacial score (nSPS) is 10.3. The molecule has 1 N–H and O–H groups in total. The fourth-order valence-electron chi connectivity index (χ4n) is 1.55. The van der Waals surface area contributed by atoms with E-state index in [-0.39, 0.29) is 17.2 Å². The molecule has 1 amide bonds. The molecule has 1 aromatic carbocycles. The quantitative estimate of drug-likeness (QED) is 0.936. The van der Waals surface area contributed by atoms with E-state index in [1.165, 1.54) is 30.6 Å². The highest BCUT2D eigenvalue weighted by Gasteiger charge is 2.10. The minimum atomic E-state index is -0.555. The van der Waals surface area contributed by atoms with Crippen molar-refractivity contribution in [3.05, 3.63) is 45.7 Å². The first-order valence-corrected chi connectivity index (χ1v) is 6.51. The number of benzene rings is 1. The molecule has 0 fully saturated rings. The zero-order valence-corrected chi connectivity index (χ0v) is 11.4. The van der Waals surface area contributed by atoms with E-state index in [2.05, 4.69) is 10.3 Å². The highest BCUT2D eigenvalue weighted by atomic mass is 32.1. The fourth-order valence-corrected chi connectivity index (χ4v) is 2.26. The summed E-state index contributed by atoms with van der Waals surface area (Å²) in [6.07, 6.45) is 0. The smallest absolute Gasteiger partial charge is 0.251 e. The summed E-state index contributed by atoms with van der Waals surface area (Å²) in [5, 5.41) is 5.43. The van der Waals surface area contributed by atoms with E-state index in [1.807, 2.05) is 12.3 Å². The summed E-state index contributed by atoms with van der Waals surface area (Å²) >= 11 is 1.48. The van der Waals surface area contributed by atoms with Crippen LogP contribution in [0.15, 0.2) is 23.6 Å². The van der Waals surface area contributed by atoms with Crippen molar-refractivity contribution < 1.29 is 13.9 Å². The monoisotopic (exact) mass is 280 g/mol. The number of hydrogen-bond acceptors (Lipinski definition) is 4. The molecule has 0 saturated carbocycles. The Kier molecular flexibility index (Phi) is 4.11. The highest BCUT2D eigenvalue weighted by Crippen LogP contribution is 2.17. The lowest BCUT2D eigenvalue weighted by Gasteiger charge is -2.05. The van der Waals surface area contributed by atoms with Crippen molar-refractivity contribution in [3.8, 4) is 5.75 Å². The molecule has 2 rings (SSSR count). The first-order valence-electron chi connectivity index (χ1n) is 5.63. The summed E-state index contributed by atoms with van der Waals surface area (Å²) in [6.45, 7) is 2.23. The van der Waals surface area contributed by atoms with Crippen LogP contribution in [0.5, 0.6) is 5.75 Å². The number of aromatic nitrogens is 1. The average molecular weight is 280 g/mol. The van der Waals surface area contributed by atoms with E-state index in [1.54, 1.807) is 0 Å². The van der Waals surface area contributed by atoms with E-state index in [9.17, 15) is 9.18 Å². The summed E-state index contributed by atoms with van der Waals surface area (Å²) in [5.41, 5.74) is 1.18. The fraction of sp³-hybridized carbons (Fsp3) is 0.231. The average Bonchev–Trinajstić information content (AvgIpc) is 2.81. The van der Waals surface area contributed by atoms with Crippen molar-refractivity contribution in [1.29, 1.82) is 0 Å². The molecule has 2 aromatic rings. The van der Waals surface area contributed by atoms with Gasteiger partial charge in [-0.25, -0.2) is 9.37 Å². The van der Waals surface area contributed by atoms with Gasteiger partial charge in [0.15, 0.2) is 11.6 Å². The number of carbonyl (C=O) groups excluding carboxylic acids is 1. The zero-order chi connectivity index (χ0) is 13.8. The molecule has 6 heteroatoms. The van der Waals surface area contributed by atoms with Gasteiger partial charge in [0.2, 0.25) is 0 Å². The molecule has 0 aliphatic heterocycles. The van der Waals surface area contributed by atoms with E-state index in [0.717, 1.165) is 16.8 Å². The van der Waals surface area contributed by atoms with Gasteiger partial charge in [0.25, 0.3) is 5.91 Å². The molecule has 19 heavy (non-hydrogen) atoms. The van der Waals surface area contributed by atoms with Gasteiger partial charge in [-0.2, -0.15) is 0 Å². The standard InChI is InChI=1S/C13H13FN2O2S/c1-8-7-19-12(16-8)6-15-13(17)9-3-4-11(18-2)10(14)5-9/h3-5,7H,6H2,1-2H3,(H,15,17). The van der Waals surface area contributed by atoms with Crippen LogP contribution in [0.3, 0.4) is 0 Å². The maximum absolute atomic E-state index is 13.5. The molecule has 0 aliphatic rings. The number of hydrogen-bond donors (Lipinski definition) is 1. The van der Waals surface area contributed by atoms with Gasteiger partial charge in [-0.3, -0.25) is 4.79 Å². The van der Waals surface area contributed by atoms with Crippen LogP contribution in [0.1, 0.15) is 21.1 Å². The molecular weight excluding hydrogens is 267 g/mol. The lowest BCUT2D eigenvalue weighted by Crippen LogP contribution is -2.22. The van der Waals surface area contributed by atoms with E-state index >= 15 is 0 Å². The Morgan fingerprint density at radius 3 is 2.89 bits per heavy atom. The molecular formula is C13H13FN2O2S. The second-order valence-electron chi connectivity index (χ2n) is 3.91. The summed E-state index contributed by atoms with van der Waals surface area (Å²) in [5.74, 6) is -0.776. The van der Waals surface area contributed by atoms with Gasteiger partial charge in [-0.05, 0) is 25.1 Å². The largest absolute Gasteiger partial charge is 0.494 e. The Hall–Kier alpha value is -1.95. The number of nitrogens with one attached hydrogen (secondary N) is 1. The van der Waals surface area contributed by atoms with Gasteiger partial charge in [0, 0.05) is 16.6 Å². The molecule has 1 heterocycles. The van der Waals surface area contributed by atoms with Crippen LogP contribution < -0.4 is 10.1 Å². The molecule has 0 saturated heterocycles. The van der Waals surface area contributed by atoms with E-state index in [4.69, 9.17) is 4.74 Å². The second kappa shape index (κ2) is 5.79. The molecule has 0 aliphatic carbocycles. The zero-order valence-electron chi connectivity index (χ0n) is 10.6. The van der Waals surface area contributed by atoms with Crippen molar-refractivity contribution in [1.82, 2.24) is 10.3 Å². The summed E-state index contributed by atoms with van der Waals surface area (Å²) < 4.78 is 18.3. The first kappa shape index (κ1) is 13.5. The Labute approximate surface area is 114 Å². The lowest BCUT2D eigenvalue weighted by molar-refractivity contribution is 0.0950. The van der Waals surface area contributed by atoms with Gasteiger partial charge in [0.05, 0.1) is 13.7 Å². The van der Waals surface area contributed by atoms with Gasteiger partial charge >= 0.3 is 0 Å². The van der Waals surface area contributed by atoms with Crippen molar-refractivity contribution in [3.63, 3.8) is 0 Å². The van der Waals surface area contributed by atoms with E-state index < -0.39 is 5.82 Å². The Balaban J connectivity index is 2.01. The SMILES string of the molecule is COc1ccc(C(=O)NCc2nc(C)cs2)cc1F. The molecule has 0 bridgehead atoms. The maximum Gasteiger partial charge on any atom is 0.251 e. The molecule has 0 spiro atoms. The number of thiazole rings is 1. The van der Waals surface area contributed by atoms with Crippen molar-refractivity contribution in [2.45, 2.75) is 13.5 Å². The summed E-state index contributed by atoms with van der Waals surface area (Å²) in [4.78, 5) is 16.1. The lowest BCUT2D eigenvalue weighted by atomic mass is 10.2. The molecule has 1 aromatic heterocycles. The highest BCUT2D eigenvalue weighted by molar-refractivity contribution is 7.09. The predicted molar refractivity (Wildman–Crippen MR) is 71.0 cm³/mol. The van der Waals surface area contributed by atoms with Gasteiger partial charge in [0.1, 0.15) is 5.01 Å². The number of methoxy groups -OCH3 is 1. The number of amides is 1. The van der Waals surface area contributed by atoms with Crippen LogP contribution in [0.25, 0.3) is 0 Å². The van der Waals surface area contributed by atoms with Crippen molar-refractivity contribution >= 4 is 17.2 Å². The third-order valence-corrected chi connectivity index (χ3v) is 3.45. The van der Waals surface area contributed by atoms with Crippen LogP contribution >= 0.6 is 11.3 Å². The maximum atomic E-state index is 13.5. The number of nitrogens with zero attached hydrogens (tertiary/aromatic N) is 1. The first-order chi connectivity index (χ1) is 9.10. The number of halogens is 1. The van der Waals surface area contributed by atoms with Gasteiger partial charge in [-0.15, -0.1) is 11.3 Å². The Morgan fingerprint density at radius 1 is 1.53 bits per heavy atom. The molecule has 0 unspecified atom stereocenters. The number of rotatable bonds is 4. The summed E-state index contributed by atoms with van der Waals surface area (Å²) in [7, 11) is 1.38. The van der Waals surface area contributed by atoms with Crippen LogP contribution in [0, 0.1) is 12.7 Å². The van der Waals surface area contributed by atoms with Crippen LogP contribution in [0.2, 0.25) is 0 Å². The van der Waals surface area contributed by atoms with Crippen molar-refractivity contribution in [2.24, 2.45) is 0 Å². The minimum Gasteiger partial charge on any atom is -0.494 e. The predicted octanol–water partition coefficient (Wildman–Crippen LogP) is 2.53. The molecule has 100 valence electrons. The summed E-state index contributed by atoms with van der Waals surface area (Å²) in [6, 6.07) is 4.10. The van der Waals surface area contributed by atoms with Crippen LogP contribution in [-0.2, 0) is 6.54 Å². The Bertz CT molecular complexity index is 598. The van der Waals surface area contributed by atoms with E-state index in [0.29, 0.717) is 6.54 Å². The van der Waals surface area contributed by atoms with Crippen LogP contribution in [0.4, 0.5) is 4.39 Å². The van der Waals surface area contributed by atoms with Gasteiger partial charge < -0.3 is 10.1 Å². The molecule has 0 radical (unpaired) electrons. The number of aryl methyl sites for hydroxylation is 1. The third-order valence-electron chi connectivity index (χ3n) is 2.48. The van der Waals surface area contributed by atoms with Crippen molar-refractivity contribution in [2.75, 3.05) is 7.11 Å². The number of carbonyl (C=O) groups is 1. The van der Waals surface area contributed by atoms with Crippen LogP contribution in [-0.4, -0.2) is 18.0 Å². The number of ether oxygens (including phenoxy) is 1. The minimum absolute atomic E-state index is 0.118. The topological polar surface area (TPSA) is 51.2 Å². The molecule has 4 nitrogen and oxygen atoms in total. The molecule has 0 atom stereocenters. The second-order valence-corrected chi connectivity index (χ2v) is 4.86. The third kappa shape index (κ3) is 3.29.